The molecule has 0 N–H and O–H groups in total. The summed E-state index contributed by atoms with van der Waals surface area (Å²) in [5, 5.41) is 0. The van der Waals surface area contributed by atoms with Crippen LogP contribution in [0, 0.1) is 0 Å². The molecule has 21 heavy (non-hydrogen) atoms. The van der Waals surface area contributed by atoms with Crippen molar-refractivity contribution < 1.29 is 9.21 Å². The van der Waals surface area contributed by atoms with Gasteiger partial charge in [0.25, 0.3) is 0 Å². The van der Waals surface area contributed by atoms with Crippen molar-refractivity contribution in [2.75, 3.05) is 32.7 Å². The number of hydrogen-bond donors (Lipinski definition) is 0. The van der Waals surface area contributed by atoms with Gasteiger partial charge < -0.3 is 4.42 Å². The first-order valence-electron chi connectivity index (χ1n) is 7.22. The zero-order valence-corrected chi connectivity index (χ0v) is 11.9. The van der Waals surface area contributed by atoms with Crippen LogP contribution < -0.4 is 0 Å². The number of hydrogen-bond acceptors (Lipinski definition) is 5. The van der Waals surface area contributed by atoms with Crippen molar-refractivity contribution in [1.82, 2.24) is 14.8 Å². The molecule has 2 aromatic rings. The minimum absolute atomic E-state index is 0.0539. The highest BCUT2D eigenvalue weighted by Gasteiger charge is 2.20. The minimum Gasteiger partial charge on any atom is -0.461 e. The van der Waals surface area contributed by atoms with Crippen LogP contribution >= 0.6 is 0 Å². The van der Waals surface area contributed by atoms with Gasteiger partial charge >= 0.3 is 0 Å². The van der Waals surface area contributed by atoms with Gasteiger partial charge in [0.15, 0.2) is 5.76 Å². The molecule has 0 atom stereocenters. The molecule has 1 aliphatic rings. The Balaban J connectivity index is 1.46. The normalized spacial score (nSPS) is 17.0. The van der Waals surface area contributed by atoms with Crippen LogP contribution in [0.2, 0.25) is 0 Å². The van der Waals surface area contributed by atoms with Crippen molar-refractivity contribution in [3.8, 4) is 0 Å². The van der Waals surface area contributed by atoms with E-state index in [2.05, 4.69) is 14.8 Å². The highest BCUT2D eigenvalue weighted by molar-refractivity contribution is 5.94. The van der Waals surface area contributed by atoms with E-state index < -0.39 is 0 Å². The predicted octanol–water partition coefficient (Wildman–Crippen LogP) is 1.68. The highest BCUT2D eigenvalue weighted by Crippen LogP contribution is 2.08. The van der Waals surface area contributed by atoms with E-state index in [-0.39, 0.29) is 5.78 Å². The third-order valence-corrected chi connectivity index (χ3v) is 3.74. The second-order valence-corrected chi connectivity index (χ2v) is 5.27. The number of Topliss-reactive ketones (excluding diaryl/α,β-unsaturated/α-hetero) is 1. The Bertz CT molecular complexity index is 560. The molecular formula is C16H19N3O2. The molecule has 5 heteroatoms. The van der Waals surface area contributed by atoms with Crippen LogP contribution in [0.25, 0.3) is 0 Å². The van der Waals surface area contributed by atoms with Gasteiger partial charge in [-0.05, 0) is 24.3 Å². The Labute approximate surface area is 124 Å². The van der Waals surface area contributed by atoms with E-state index in [1.807, 2.05) is 24.4 Å². The Morgan fingerprint density at radius 3 is 2.57 bits per heavy atom. The van der Waals surface area contributed by atoms with Crippen molar-refractivity contribution in [2.24, 2.45) is 0 Å². The van der Waals surface area contributed by atoms with E-state index in [0.717, 1.165) is 38.4 Å². The van der Waals surface area contributed by atoms with Gasteiger partial charge in [0.05, 0.1) is 18.5 Å². The number of piperazine rings is 1. The van der Waals surface area contributed by atoms with Gasteiger partial charge in [-0.2, -0.15) is 0 Å². The molecule has 1 aliphatic heterocycles. The fraction of sp³-hybridized carbons (Fsp3) is 0.375. The summed E-state index contributed by atoms with van der Waals surface area (Å²) in [6, 6.07) is 9.47. The fourth-order valence-corrected chi connectivity index (χ4v) is 2.54. The highest BCUT2D eigenvalue weighted by atomic mass is 16.3. The number of nitrogens with zero attached hydrogens (tertiary/aromatic N) is 3. The minimum atomic E-state index is 0.0539. The van der Waals surface area contributed by atoms with Crippen molar-refractivity contribution in [3.05, 3.63) is 54.2 Å². The van der Waals surface area contributed by atoms with Gasteiger partial charge in [0.1, 0.15) is 0 Å². The quantitative estimate of drug-likeness (QED) is 0.782. The van der Waals surface area contributed by atoms with Gasteiger partial charge in [0.2, 0.25) is 5.78 Å². The molecule has 0 radical (unpaired) electrons. The summed E-state index contributed by atoms with van der Waals surface area (Å²) in [7, 11) is 0. The number of aromatic nitrogens is 1. The lowest BCUT2D eigenvalue weighted by Crippen LogP contribution is -2.47. The summed E-state index contributed by atoms with van der Waals surface area (Å²) in [6.45, 7) is 5.04. The van der Waals surface area contributed by atoms with Gasteiger partial charge in [-0.3, -0.25) is 19.6 Å². The lowest BCUT2D eigenvalue weighted by Gasteiger charge is -2.33. The van der Waals surface area contributed by atoms with E-state index in [1.165, 1.54) is 6.26 Å². The maximum Gasteiger partial charge on any atom is 0.211 e. The first-order valence-corrected chi connectivity index (χ1v) is 7.22. The first kappa shape index (κ1) is 14.0. The zero-order chi connectivity index (χ0) is 14.5. The number of pyridine rings is 1. The predicted molar refractivity (Wildman–Crippen MR) is 79.0 cm³/mol. The van der Waals surface area contributed by atoms with Crippen LogP contribution in [0.4, 0.5) is 0 Å². The third-order valence-electron chi connectivity index (χ3n) is 3.74. The van der Waals surface area contributed by atoms with Crippen molar-refractivity contribution in [3.63, 3.8) is 0 Å². The maximum atomic E-state index is 12.0. The standard InChI is InChI=1S/C16H19N3O2/c20-15(16-5-3-11-21-16)13-19-9-7-18(8-10-19)12-14-4-1-2-6-17-14/h1-6,11H,7-10,12-13H2. The Hall–Kier alpha value is -1.98. The maximum absolute atomic E-state index is 12.0. The summed E-state index contributed by atoms with van der Waals surface area (Å²) in [5.41, 5.74) is 1.10. The topological polar surface area (TPSA) is 49.6 Å². The third kappa shape index (κ3) is 3.77. The number of rotatable bonds is 5. The second kappa shape index (κ2) is 6.65. The molecule has 0 amide bonds. The molecular weight excluding hydrogens is 266 g/mol. The van der Waals surface area contributed by atoms with E-state index in [9.17, 15) is 4.79 Å². The summed E-state index contributed by atoms with van der Waals surface area (Å²) in [5.74, 6) is 0.504. The second-order valence-electron chi connectivity index (χ2n) is 5.27. The number of carbonyl (C=O) groups is 1. The fourth-order valence-electron chi connectivity index (χ4n) is 2.54. The number of carbonyl (C=O) groups excluding carboxylic acids is 1. The van der Waals surface area contributed by atoms with E-state index >= 15 is 0 Å². The van der Waals surface area contributed by atoms with Crippen LogP contribution in [0.3, 0.4) is 0 Å². The SMILES string of the molecule is O=C(CN1CCN(Cc2ccccn2)CC1)c1ccco1. The van der Waals surface area contributed by atoms with Crippen molar-refractivity contribution in [2.45, 2.75) is 6.54 Å². The zero-order valence-electron chi connectivity index (χ0n) is 11.9. The van der Waals surface area contributed by atoms with Gasteiger partial charge in [-0.25, -0.2) is 0 Å². The van der Waals surface area contributed by atoms with Crippen LogP contribution in [-0.2, 0) is 6.54 Å². The molecule has 0 aliphatic carbocycles. The molecule has 0 bridgehead atoms. The molecule has 3 heterocycles. The van der Waals surface area contributed by atoms with Gasteiger partial charge in [-0.15, -0.1) is 0 Å². The van der Waals surface area contributed by atoms with Crippen LogP contribution in [0.5, 0.6) is 0 Å². The number of furan rings is 1. The lowest BCUT2D eigenvalue weighted by atomic mass is 10.2. The molecule has 0 aromatic carbocycles. The molecule has 1 fully saturated rings. The molecule has 2 aromatic heterocycles. The smallest absolute Gasteiger partial charge is 0.211 e. The van der Waals surface area contributed by atoms with E-state index in [1.54, 1.807) is 12.1 Å². The molecule has 1 saturated heterocycles. The van der Waals surface area contributed by atoms with Crippen LogP contribution in [-0.4, -0.2) is 53.3 Å². The number of ketones is 1. The lowest BCUT2D eigenvalue weighted by molar-refractivity contribution is 0.0817. The van der Waals surface area contributed by atoms with Crippen molar-refractivity contribution >= 4 is 5.78 Å². The summed E-state index contributed by atoms with van der Waals surface area (Å²) < 4.78 is 5.14. The Kier molecular flexibility index (Phi) is 4.43. The summed E-state index contributed by atoms with van der Waals surface area (Å²) >= 11 is 0. The Morgan fingerprint density at radius 2 is 1.90 bits per heavy atom. The Morgan fingerprint density at radius 1 is 1.10 bits per heavy atom. The largest absolute Gasteiger partial charge is 0.461 e. The molecule has 0 saturated carbocycles. The summed E-state index contributed by atoms with van der Waals surface area (Å²) in [4.78, 5) is 20.9. The average Bonchev–Trinajstić information content (AvgIpc) is 3.05. The van der Waals surface area contributed by atoms with Crippen LogP contribution in [0.1, 0.15) is 16.2 Å². The molecule has 0 unspecified atom stereocenters. The monoisotopic (exact) mass is 285 g/mol. The van der Waals surface area contributed by atoms with Crippen molar-refractivity contribution in [1.29, 1.82) is 0 Å². The van der Waals surface area contributed by atoms with Gasteiger partial charge in [-0.1, -0.05) is 6.07 Å². The molecule has 0 spiro atoms. The average molecular weight is 285 g/mol. The first-order chi connectivity index (χ1) is 10.3. The molecule has 110 valence electrons. The summed E-state index contributed by atoms with van der Waals surface area (Å²) in [6.07, 6.45) is 3.37. The van der Waals surface area contributed by atoms with Gasteiger partial charge in [0, 0.05) is 38.9 Å². The van der Waals surface area contributed by atoms with E-state index in [4.69, 9.17) is 4.42 Å². The van der Waals surface area contributed by atoms with E-state index in [0.29, 0.717) is 12.3 Å². The molecule has 5 nitrogen and oxygen atoms in total. The van der Waals surface area contributed by atoms with Crippen LogP contribution in [0.15, 0.2) is 47.2 Å². The molecule has 3 rings (SSSR count).